The van der Waals surface area contributed by atoms with E-state index in [4.69, 9.17) is 0 Å². The number of unbranched alkanes of at least 4 members (excludes halogenated alkanes) is 1. The van der Waals surface area contributed by atoms with Crippen molar-refractivity contribution in [1.29, 1.82) is 0 Å². The van der Waals surface area contributed by atoms with Gasteiger partial charge in [-0.1, -0.05) is 13.3 Å². The van der Waals surface area contributed by atoms with E-state index in [2.05, 4.69) is 38.6 Å². The van der Waals surface area contributed by atoms with Gasteiger partial charge in [-0.15, -0.1) is 0 Å². The Morgan fingerprint density at radius 1 is 1.50 bits per heavy atom. The van der Waals surface area contributed by atoms with Crippen molar-refractivity contribution >= 4 is 22.0 Å². The molecule has 0 unspecified atom stereocenters. The Kier molecular flexibility index (Phi) is 5.92. The van der Waals surface area contributed by atoms with Crippen LogP contribution in [0.3, 0.4) is 0 Å². The van der Waals surface area contributed by atoms with E-state index in [-0.39, 0.29) is 6.03 Å². The molecule has 5 nitrogen and oxygen atoms in total. The van der Waals surface area contributed by atoms with Gasteiger partial charge >= 0.3 is 6.03 Å². The molecule has 0 fully saturated rings. The summed E-state index contributed by atoms with van der Waals surface area (Å²) in [6.07, 6.45) is 5.69. The largest absolute Gasteiger partial charge is 0.338 e. The van der Waals surface area contributed by atoms with Crippen molar-refractivity contribution < 1.29 is 4.79 Å². The van der Waals surface area contributed by atoms with Gasteiger partial charge in [0, 0.05) is 19.3 Å². The molecular weight excluding hydrogens is 272 g/mol. The van der Waals surface area contributed by atoms with Crippen molar-refractivity contribution in [1.82, 2.24) is 20.4 Å². The first-order valence-corrected chi connectivity index (χ1v) is 6.21. The molecule has 0 aromatic carbocycles. The highest BCUT2D eigenvalue weighted by Gasteiger charge is 1.99. The van der Waals surface area contributed by atoms with E-state index in [0.29, 0.717) is 13.1 Å². The zero-order valence-electron chi connectivity index (χ0n) is 9.37. The van der Waals surface area contributed by atoms with Crippen LogP contribution in [0.15, 0.2) is 16.9 Å². The summed E-state index contributed by atoms with van der Waals surface area (Å²) >= 11 is 3.31. The lowest BCUT2D eigenvalue weighted by atomic mass is 10.3. The topological polar surface area (TPSA) is 59.0 Å². The lowest BCUT2D eigenvalue weighted by Crippen LogP contribution is -2.37. The lowest BCUT2D eigenvalue weighted by molar-refractivity contribution is 0.240. The molecule has 16 heavy (non-hydrogen) atoms. The lowest BCUT2D eigenvalue weighted by Gasteiger charge is -2.06. The minimum atomic E-state index is -0.111. The molecule has 1 aromatic rings. The molecule has 0 saturated heterocycles. The van der Waals surface area contributed by atoms with Gasteiger partial charge in [-0.2, -0.15) is 5.10 Å². The van der Waals surface area contributed by atoms with E-state index in [9.17, 15) is 4.79 Å². The summed E-state index contributed by atoms with van der Waals surface area (Å²) in [4.78, 5) is 11.3. The zero-order valence-corrected chi connectivity index (χ0v) is 11.0. The van der Waals surface area contributed by atoms with Crippen molar-refractivity contribution in [3.05, 3.63) is 16.9 Å². The second kappa shape index (κ2) is 7.27. The molecule has 2 N–H and O–H groups in total. The number of aromatic nitrogens is 2. The Morgan fingerprint density at radius 3 is 2.88 bits per heavy atom. The number of urea groups is 1. The van der Waals surface area contributed by atoms with Crippen LogP contribution in [0.25, 0.3) is 0 Å². The first kappa shape index (κ1) is 13.0. The molecule has 0 atom stereocenters. The van der Waals surface area contributed by atoms with E-state index < -0.39 is 0 Å². The minimum Gasteiger partial charge on any atom is -0.338 e. The maximum absolute atomic E-state index is 11.3. The maximum atomic E-state index is 11.3. The fourth-order valence-corrected chi connectivity index (χ4v) is 1.51. The van der Waals surface area contributed by atoms with Crippen LogP contribution in [-0.2, 0) is 6.54 Å². The molecule has 0 bridgehead atoms. The molecule has 1 heterocycles. The first-order chi connectivity index (χ1) is 7.72. The van der Waals surface area contributed by atoms with Crippen molar-refractivity contribution in [2.45, 2.75) is 26.3 Å². The van der Waals surface area contributed by atoms with E-state index in [1.54, 1.807) is 10.9 Å². The highest BCUT2D eigenvalue weighted by atomic mass is 79.9. The number of carbonyl (C=O) groups is 1. The molecule has 6 heteroatoms. The molecular formula is C10H17BrN4O. The van der Waals surface area contributed by atoms with Crippen LogP contribution in [0.5, 0.6) is 0 Å². The number of hydrogen-bond donors (Lipinski definition) is 2. The van der Waals surface area contributed by atoms with Gasteiger partial charge in [-0.3, -0.25) is 4.68 Å². The predicted octanol–water partition coefficient (Wildman–Crippen LogP) is 1.74. The monoisotopic (exact) mass is 288 g/mol. The standard InChI is InChI=1S/C10H17BrN4O/c1-2-3-4-12-10(16)13-5-6-15-8-9(11)7-14-15/h7-8H,2-6H2,1H3,(H2,12,13,16). The predicted molar refractivity (Wildman–Crippen MR) is 66.2 cm³/mol. The zero-order chi connectivity index (χ0) is 11.8. The molecule has 0 saturated carbocycles. The summed E-state index contributed by atoms with van der Waals surface area (Å²) in [5, 5.41) is 9.65. The Balaban J connectivity index is 2.08. The third-order valence-corrected chi connectivity index (χ3v) is 2.45. The van der Waals surface area contributed by atoms with E-state index in [1.165, 1.54) is 0 Å². The van der Waals surface area contributed by atoms with Gasteiger partial charge in [-0.05, 0) is 22.4 Å². The molecule has 90 valence electrons. The van der Waals surface area contributed by atoms with E-state index in [0.717, 1.165) is 23.9 Å². The number of amides is 2. The van der Waals surface area contributed by atoms with Gasteiger partial charge < -0.3 is 10.6 Å². The fourth-order valence-electron chi connectivity index (χ4n) is 1.19. The van der Waals surface area contributed by atoms with Crippen molar-refractivity contribution in [3.63, 3.8) is 0 Å². The van der Waals surface area contributed by atoms with Crippen LogP contribution in [0, 0.1) is 0 Å². The SMILES string of the molecule is CCCCNC(=O)NCCn1cc(Br)cn1. The summed E-state index contributed by atoms with van der Waals surface area (Å²) in [5.74, 6) is 0. The Bertz CT molecular complexity index is 326. The fraction of sp³-hybridized carbons (Fsp3) is 0.600. The molecule has 0 radical (unpaired) electrons. The van der Waals surface area contributed by atoms with E-state index >= 15 is 0 Å². The number of nitrogens with one attached hydrogen (secondary N) is 2. The van der Waals surface area contributed by atoms with Crippen LogP contribution >= 0.6 is 15.9 Å². The normalized spacial score (nSPS) is 10.1. The van der Waals surface area contributed by atoms with Gasteiger partial charge in [0.15, 0.2) is 0 Å². The Labute approximate surface area is 104 Å². The maximum Gasteiger partial charge on any atom is 0.314 e. The van der Waals surface area contributed by atoms with Gasteiger partial charge in [0.05, 0.1) is 17.2 Å². The third kappa shape index (κ3) is 5.16. The second-order valence-electron chi connectivity index (χ2n) is 3.46. The van der Waals surface area contributed by atoms with Gasteiger partial charge in [-0.25, -0.2) is 4.79 Å². The number of nitrogens with zero attached hydrogens (tertiary/aromatic N) is 2. The smallest absolute Gasteiger partial charge is 0.314 e. The molecule has 1 aromatic heterocycles. The molecule has 0 aliphatic carbocycles. The molecule has 0 aliphatic rings. The van der Waals surface area contributed by atoms with E-state index in [1.807, 2.05) is 6.20 Å². The van der Waals surface area contributed by atoms with Crippen LogP contribution in [0.2, 0.25) is 0 Å². The highest BCUT2D eigenvalue weighted by Crippen LogP contribution is 2.05. The quantitative estimate of drug-likeness (QED) is 0.784. The summed E-state index contributed by atoms with van der Waals surface area (Å²) in [7, 11) is 0. The number of carbonyl (C=O) groups excluding carboxylic acids is 1. The highest BCUT2D eigenvalue weighted by molar-refractivity contribution is 9.10. The molecule has 0 spiro atoms. The van der Waals surface area contributed by atoms with Crippen molar-refractivity contribution in [2.75, 3.05) is 13.1 Å². The average Bonchev–Trinajstić information content (AvgIpc) is 2.65. The van der Waals surface area contributed by atoms with Crippen LogP contribution in [0.1, 0.15) is 19.8 Å². The second-order valence-corrected chi connectivity index (χ2v) is 4.37. The van der Waals surface area contributed by atoms with Gasteiger partial charge in [0.2, 0.25) is 0 Å². The molecule has 2 amide bonds. The number of halogens is 1. The summed E-state index contributed by atoms with van der Waals surface area (Å²) in [6.45, 7) is 4.07. The van der Waals surface area contributed by atoms with Crippen LogP contribution in [0.4, 0.5) is 4.79 Å². The summed E-state index contributed by atoms with van der Waals surface area (Å²) < 4.78 is 2.72. The molecule has 1 rings (SSSR count). The summed E-state index contributed by atoms with van der Waals surface area (Å²) in [6, 6.07) is -0.111. The average molecular weight is 289 g/mol. The summed E-state index contributed by atoms with van der Waals surface area (Å²) in [5.41, 5.74) is 0. The van der Waals surface area contributed by atoms with Crippen LogP contribution in [-0.4, -0.2) is 28.9 Å². The Morgan fingerprint density at radius 2 is 2.25 bits per heavy atom. The third-order valence-electron chi connectivity index (χ3n) is 2.04. The van der Waals surface area contributed by atoms with Gasteiger partial charge in [0.1, 0.15) is 0 Å². The number of hydrogen-bond acceptors (Lipinski definition) is 2. The number of rotatable bonds is 6. The van der Waals surface area contributed by atoms with Crippen molar-refractivity contribution in [3.8, 4) is 0 Å². The van der Waals surface area contributed by atoms with Crippen LogP contribution < -0.4 is 10.6 Å². The van der Waals surface area contributed by atoms with Crippen molar-refractivity contribution in [2.24, 2.45) is 0 Å². The first-order valence-electron chi connectivity index (χ1n) is 5.42. The Hall–Kier alpha value is -1.04. The van der Waals surface area contributed by atoms with Gasteiger partial charge in [0.25, 0.3) is 0 Å². The molecule has 0 aliphatic heterocycles. The minimum absolute atomic E-state index is 0.111.